The van der Waals surface area contributed by atoms with Crippen molar-refractivity contribution in [2.24, 2.45) is 0 Å². The van der Waals surface area contributed by atoms with Crippen LogP contribution in [-0.4, -0.2) is 82.3 Å². The first kappa shape index (κ1) is 95.1. The Morgan fingerprint density at radius 2 is 0.535 bits per heavy atom. The standard InChI is InChI=1S/C92H149NO8/c1-6-8-10-12-14-16-18-20-22-24-26-28-30-32-34-36-38-40-42-43-44-45-46-47-49-50-52-54-56-58-60-62-64-66-68-70-72-74-76-78-80-82-89(94)99-86-88(87-100-92(91(96)97)98-85-84-93(3,4)5)101-90(95)83-81-79-77-75-73-71-69-67-65-63-61-59-57-55-53-51-48-41-39-37-35-33-31-29-27-25-23-21-19-17-15-13-11-9-7-2/h8-11,14-17,20-23,26-29,32-35,38-41,51,53,57,59,63,65,69,71,88,92H,6-7,12-13,18-19,24-25,30-31,36-37,42-50,52,54-56,58,60-62,64,66-68,70,72-87H2,1-5H3/b10-8-,11-9-,16-14-,17-15-,22-20-,23-21-,28-26-,29-27-,34-32-,35-33-,40-38-,41-39-,53-51-,59-57-,65-63-,71-69-. The SMILES string of the molecule is CC/C=C\C/C=C\C/C=C\C/C=C\C/C=C\C/C=C\C/C=C\C/C=C\C/C=C\C/C=C\CCCCCCC(=O)OC(COC(=O)CCCCCCCCCCCCCCCCCCCCCCCC/C=C\C/C=C\C/C=C\C/C=C\C/C=C\C/C=C\CC)COC(OCC[N+](C)(C)C)C(=O)[O-]. The minimum Gasteiger partial charge on any atom is -0.545 e. The second-order valence-corrected chi connectivity index (χ2v) is 27.6. The number of carboxylic acids is 1. The van der Waals surface area contributed by atoms with Crippen molar-refractivity contribution in [1.82, 2.24) is 0 Å². The van der Waals surface area contributed by atoms with Crippen LogP contribution in [0, 0.1) is 0 Å². The van der Waals surface area contributed by atoms with Crippen LogP contribution in [0.3, 0.4) is 0 Å². The van der Waals surface area contributed by atoms with Gasteiger partial charge in [-0.3, -0.25) is 9.59 Å². The van der Waals surface area contributed by atoms with Gasteiger partial charge in [0.25, 0.3) is 0 Å². The highest BCUT2D eigenvalue weighted by Crippen LogP contribution is 2.17. The van der Waals surface area contributed by atoms with E-state index < -0.39 is 24.3 Å². The minimum atomic E-state index is -1.64. The number of nitrogens with zero attached hydrogens (tertiary/aromatic N) is 1. The van der Waals surface area contributed by atoms with Gasteiger partial charge in [-0.1, -0.05) is 350 Å². The molecule has 9 heteroatoms. The van der Waals surface area contributed by atoms with Crippen molar-refractivity contribution in [3.63, 3.8) is 0 Å². The third kappa shape index (κ3) is 81.3. The number of hydrogen-bond donors (Lipinski definition) is 0. The summed E-state index contributed by atoms with van der Waals surface area (Å²) in [6.07, 6.45) is 120. The first-order chi connectivity index (χ1) is 49.6. The Labute approximate surface area is 621 Å². The maximum absolute atomic E-state index is 13.0. The largest absolute Gasteiger partial charge is 0.545 e. The minimum absolute atomic E-state index is 0.134. The first-order valence-corrected chi connectivity index (χ1v) is 40.6. The lowest BCUT2D eigenvalue weighted by Gasteiger charge is -2.26. The Kier molecular flexibility index (Phi) is 75.2. The fourth-order valence-corrected chi connectivity index (χ4v) is 10.7. The van der Waals surface area contributed by atoms with E-state index in [2.05, 4.69) is 208 Å². The second kappa shape index (κ2) is 79.8. The first-order valence-electron chi connectivity index (χ1n) is 40.6. The number of likely N-dealkylation sites (N-methyl/N-ethyl adjacent to an activating group) is 1. The van der Waals surface area contributed by atoms with Crippen molar-refractivity contribution in [3.8, 4) is 0 Å². The normalized spacial score (nSPS) is 13.7. The van der Waals surface area contributed by atoms with Crippen LogP contribution in [0.4, 0.5) is 0 Å². The quantitative estimate of drug-likeness (QED) is 0.0195. The third-order valence-corrected chi connectivity index (χ3v) is 16.8. The predicted octanol–water partition coefficient (Wildman–Crippen LogP) is 25.1. The van der Waals surface area contributed by atoms with Crippen molar-refractivity contribution in [3.05, 3.63) is 194 Å². The highest BCUT2D eigenvalue weighted by atomic mass is 16.7. The number of quaternary nitrogens is 1. The zero-order valence-corrected chi connectivity index (χ0v) is 65.2. The number of unbranched alkanes of at least 4 members (excludes halogenated alkanes) is 26. The van der Waals surface area contributed by atoms with Gasteiger partial charge in [-0.05, 0) is 141 Å². The van der Waals surface area contributed by atoms with E-state index in [1.165, 1.54) is 128 Å². The Hall–Kier alpha value is -5.87. The highest BCUT2D eigenvalue weighted by molar-refractivity contribution is 5.70. The molecule has 0 radical (unpaired) electrons. The summed E-state index contributed by atoms with van der Waals surface area (Å²) >= 11 is 0. The third-order valence-electron chi connectivity index (χ3n) is 16.8. The number of carbonyl (C=O) groups is 3. The van der Waals surface area contributed by atoms with Crippen molar-refractivity contribution in [2.45, 2.75) is 322 Å². The number of aliphatic carboxylic acids is 1. The van der Waals surface area contributed by atoms with Gasteiger partial charge in [0.1, 0.15) is 13.2 Å². The van der Waals surface area contributed by atoms with Crippen molar-refractivity contribution >= 4 is 17.9 Å². The molecule has 570 valence electrons. The van der Waals surface area contributed by atoms with Crippen LogP contribution in [0.25, 0.3) is 0 Å². The summed E-state index contributed by atoms with van der Waals surface area (Å²) < 4.78 is 22.8. The zero-order valence-electron chi connectivity index (χ0n) is 65.2. The van der Waals surface area contributed by atoms with Crippen LogP contribution in [-0.2, 0) is 33.3 Å². The van der Waals surface area contributed by atoms with Gasteiger partial charge in [0.15, 0.2) is 12.4 Å². The average molecular weight is 1400 g/mol. The Morgan fingerprint density at radius 3 is 0.792 bits per heavy atom. The molecule has 101 heavy (non-hydrogen) atoms. The molecule has 0 bridgehead atoms. The highest BCUT2D eigenvalue weighted by Gasteiger charge is 2.22. The molecule has 0 N–H and O–H groups in total. The van der Waals surface area contributed by atoms with E-state index in [0.29, 0.717) is 17.4 Å². The fraction of sp³-hybridized carbons (Fsp3) is 0.620. The number of carboxylic acid groups (broad SMARTS) is 1. The Balaban J connectivity index is 4.10. The molecule has 0 spiro atoms. The molecule has 0 aliphatic rings. The summed E-state index contributed by atoms with van der Waals surface area (Å²) in [5, 5.41) is 11.9. The number of hydrogen-bond acceptors (Lipinski definition) is 8. The molecule has 0 aliphatic heterocycles. The van der Waals surface area contributed by atoms with Crippen LogP contribution in [0.2, 0.25) is 0 Å². The van der Waals surface area contributed by atoms with Crippen molar-refractivity contribution in [2.75, 3.05) is 47.5 Å². The molecule has 2 atom stereocenters. The van der Waals surface area contributed by atoms with Crippen molar-refractivity contribution < 1.29 is 42.9 Å². The topological polar surface area (TPSA) is 111 Å². The molecule has 0 aliphatic carbocycles. The molecular weight excluding hydrogens is 1250 g/mol. The number of esters is 2. The number of carbonyl (C=O) groups excluding carboxylic acids is 3. The molecule has 2 unspecified atom stereocenters. The summed E-state index contributed by atoms with van der Waals surface area (Å²) in [6, 6.07) is 0. The van der Waals surface area contributed by atoms with Crippen LogP contribution < -0.4 is 5.11 Å². The molecule has 0 saturated carbocycles. The maximum atomic E-state index is 13.0. The summed E-state index contributed by atoms with van der Waals surface area (Å²) in [7, 11) is 5.92. The fourth-order valence-electron chi connectivity index (χ4n) is 10.7. The van der Waals surface area contributed by atoms with E-state index >= 15 is 0 Å². The predicted molar refractivity (Wildman–Crippen MR) is 434 cm³/mol. The second-order valence-electron chi connectivity index (χ2n) is 27.6. The van der Waals surface area contributed by atoms with E-state index in [-0.39, 0.29) is 38.6 Å². The van der Waals surface area contributed by atoms with E-state index in [1.807, 2.05) is 21.1 Å². The number of allylic oxidation sites excluding steroid dienone is 32. The molecule has 0 heterocycles. The van der Waals surface area contributed by atoms with Crippen LogP contribution in [0.1, 0.15) is 309 Å². The molecule has 0 fully saturated rings. The summed E-state index contributed by atoms with van der Waals surface area (Å²) in [5.74, 6) is -2.32. The Bertz CT molecular complexity index is 2380. The maximum Gasteiger partial charge on any atom is 0.306 e. The molecule has 0 amide bonds. The van der Waals surface area contributed by atoms with Crippen LogP contribution >= 0.6 is 0 Å². The van der Waals surface area contributed by atoms with Gasteiger partial charge in [0.05, 0.1) is 40.3 Å². The molecule has 0 aromatic carbocycles. The molecular formula is C92H149NO8. The van der Waals surface area contributed by atoms with Gasteiger partial charge < -0.3 is 33.3 Å². The Morgan fingerprint density at radius 1 is 0.297 bits per heavy atom. The summed E-state index contributed by atoms with van der Waals surface area (Å²) in [6.45, 7) is 4.49. The van der Waals surface area contributed by atoms with Crippen LogP contribution in [0.15, 0.2) is 194 Å². The molecule has 0 aromatic heterocycles. The summed E-state index contributed by atoms with van der Waals surface area (Å²) in [4.78, 5) is 37.6. The van der Waals surface area contributed by atoms with Gasteiger partial charge in [-0.25, -0.2) is 0 Å². The lowest BCUT2D eigenvalue weighted by atomic mass is 10.0. The van der Waals surface area contributed by atoms with E-state index in [0.717, 1.165) is 148 Å². The molecule has 9 nitrogen and oxygen atoms in total. The van der Waals surface area contributed by atoms with E-state index in [1.54, 1.807) is 0 Å². The summed E-state index contributed by atoms with van der Waals surface area (Å²) in [5.41, 5.74) is 0. The van der Waals surface area contributed by atoms with Gasteiger partial charge >= 0.3 is 11.9 Å². The van der Waals surface area contributed by atoms with E-state index in [4.69, 9.17) is 18.9 Å². The van der Waals surface area contributed by atoms with Gasteiger partial charge in [-0.15, -0.1) is 0 Å². The smallest absolute Gasteiger partial charge is 0.306 e. The van der Waals surface area contributed by atoms with Gasteiger partial charge in [0, 0.05) is 12.8 Å². The molecule has 0 rings (SSSR count). The molecule has 0 aromatic rings. The lowest BCUT2D eigenvalue weighted by molar-refractivity contribution is -0.870. The van der Waals surface area contributed by atoms with Gasteiger partial charge in [0.2, 0.25) is 0 Å². The van der Waals surface area contributed by atoms with Gasteiger partial charge in [-0.2, -0.15) is 0 Å². The molecule has 0 saturated heterocycles. The number of ether oxygens (including phenoxy) is 4. The monoisotopic (exact) mass is 1400 g/mol. The zero-order chi connectivity index (χ0) is 73.2. The average Bonchev–Trinajstić information content (AvgIpc) is 1.25. The van der Waals surface area contributed by atoms with Crippen molar-refractivity contribution in [1.29, 1.82) is 0 Å². The van der Waals surface area contributed by atoms with E-state index in [9.17, 15) is 19.5 Å². The number of rotatable bonds is 73. The lowest BCUT2D eigenvalue weighted by Crippen LogP contribution is -2.44. The van der Waals surface area contributed by atoms with Crippen LogP contribution in [0.5, 0.6) is 0 Å².